The summed E-state index contributed by atoms with van der Waals surface area (Å²) in [6.07, 6.45) is 0.254. The zero-order valence-electron chi connectivity index (χ0n) is 25.6. The second kappa shape index (κ2) is 14.7. The molecule has 8 nitrogen and oxygen atoms in total. The number of sulfonamides is 1. The molecule has 4 rings (SSSR count). The van der Waals surface area contributed by atoms with Gasteiger partial charge in [0.15, 0.2) is 0 Å². The van der Waals surface area contributed by atoms with Crippen LogP contribution in [0.3, 0.4) is 0 Å². The first-order chi connectivity index (χ1) is 21.1. The fraction of sp³-hybridized carbons (Fsp3) is 0.257. The Morgan fingerprint density at radius 3 is 2.14 bits per heavy atom. The van der Waals surface area contributed by atoms with Gasteiger partial charge in [0, 0.05) is 19.5 Å². The van der Waals surface area contributed by atoms with E-state index >= 15 is 0 Å². The van der Waals surface area contributed by atoms with Gasteiger partial charge >= 0.3 is 0 Å². The van der Waals surface area contributed by atoms with E-state index in [-0.39, 0.29) is 29.5 Å². The van der Waals surface area contributed by atoms with Crippen molar-refractivity contribution >= 4 is 27.5 Å². The Balaban J connectivity index is 1.82. The van der Waals surface area contributed by atoms with Crippen molar-refractivity contribution in [1.29, 1.82) is 0 Å². The molecule has 1 unspecified atom stereocenters. The van der Waals surface area contributed by atoms with Crippen LogP contribution in [-0.2, 0) is 32.6 Å². The van der Waals surface area contributed by atoms with Crippen LogP contribution < -0.4 is 14.4 Å². The number of benzene rings is 4. The number of hydrogen-bond acceptors (Lipinski definition) is 5. The van der Waals surface area contributed by atoms with Crippen molar-refractivity contribution in [3.8, 4) is 5.75 Å². The monoisotopic (exact) mass is 613 g/mol. The minimum absolute atomic E-state index is 0.0385. The number of likely N-dealkylation sites (N-methyl/N-ethyl adjacent to an activating group) is 1. The van der Waals surface area contributed by atoms with E-state index in [1.165, 1.54) is 24.1 Å². The second-order valence-corrected chi connectivity index (χ2v) is 12.5. The maximum Gasteiger partial charge on any atom is 0.264 e. The number of rotatable bonds is 13. The minimum atomic E-state index is -4.22. The van der Waals surface area contributed by atoms with Crippen molar-refractivity contribution in [1.82, 2.24) is 10.2 Å². The molecule has 1 N–H and O–H groups in total. The fourth-order valence-corrected chi connectivity index (χ4v) is 6.46. The van der Waals surface area contributed by atoms with E-state index in [1.807, 2.05) is 75.4 Å². The van der Waals surface area contributed by atoms with Crippen molar-refractivity contribution in [3.05, 3.63) is 125 Å². The van der Waals surface area contributed by atoms with Crippen molar-refractivity contribution in [2.45, 2.75) is 44.7 Å². The predicted molar refractivity (Wildman–Crippen MR) is 173 cm³/mol. The number of amides is 2. The van der Waals surface area contributed by atoms with E-state index in [0.29, 0.717) is 12.3 Å². The largest absolute Gasteiger partial charge is 0.495 e. The maximum absolute atomic E-state index is 14.5. The highest BCUT2D eigenvalue weighted by atomic mass is 32.2. The molecule has 2 amide bonds. The average Bonchev–Trinajstić information content (AvgIpc) is 3.02. The number of aryl methyl sites for hydroxylation is 2. The lowest BCUT2D eigenvalue weighted by molar-refractivity contribution is -0.140. The number of anilines is 1. The summed E-state index contributed by atoms with van der Waals surface area (Å²) in [4.78, 5) is 29.6. The van der Waals surface area contributed by atoms with E-state index in [1.54, 1.807) is 36.4 Å². The molecule has 0 fully saturated rings. The summed E-state index contributed by atoms with van der Waals surface area (Å²) in [5, 5.41) is 2.88. The highest BCUT2D eigenvalue weighted by Crippen LogP contribution is 2.32. The smallest absolute Gasteiger partial charge is 0.264 e. The molecule has 0 spiro atoms. The summed E-state index contributed by atoms with van der Waals surface area (Å²) >= 11 is 0. The van der Waals surface area contributed by atoms with Gasteiger partial charge in [0.05, 0.1) is 17.7 Å². The lowest BCUT2D eigenvalue weighted by Crippen LogP contribution is -2.53. The SMILES string of the molecule is CCNC(=O)C(Cc1ccccc1)N(Cc1cccc(C)c1)C(=O)CN(c1ccccc1OC)S(=O)(=O)c1ccc(C)cc1. The van der Waals surface area contributed by atoms with Gasteiger partial charge in [-0.3, -0.25) is 13.9 Å². The highest BCUT2D eigenvalue weighted by Gasteiger charge is 2.35. The molecule has 0 aromatic heterocycles. The van der Waals surface area contributed by atoms with Crippen LogP contribution in [0.15, 0.2) is 108 Å². The molecule has 1 atom stereocenters. The molecule has 0 heterocycles. The summed E-state index contributed by atoms with van der Waals surface area (Å²) in [6.45, 7) is 5.59. The van der Waals surface area contributed by atoms with Gasteiger partial charge in [-0.15, -0.1) is 0 Å². The fourth-order valence-electron chi connectivity index (χ4n) is 5.04. The van der Waals surface area contributed by atoms with Gasteiger partial charge in [-0.25, -0.2) is 8.42 Å². The van der Waals surface area contributed by atoms with Gasteiger partial charge in [-0.05, 0) is 56.2 Å². The number of para-hydroxylation sites is 2. The molecular formula is C35H39N3O5S. The molecule has 0 radical (unpaired) electrons. The summed E-state index contributed by atoms with van der Waals surface area (Å²) in [7, 11) is -2.77. The highest BCUT2D eigenvalue weighted by molar-refractivity contribution is 7.92. The quantitative estimate of drug-likeness (QED) is 0.221. The van der Waals surface area contributed by atoms with Gasteiger partial charge in [0.1, 0.15) is 18.3 Å². The first kappa shape index (κ1) is 32.3. The lowest BCUT2D eigenvalue weighted by atomic mass is 10.0. The minimum Gasteiger partial charge on any atom is -0.495 e. The lowest BCUT2D eigenvalue weighted by Gasteiger charge is -2.34. The molecule has 0 saturated carbocycles. The third kappa shape index (κ3) is 7.85. The average molecular weight is 614 g/mol. The van der Waals surface area contributed by atoms with E-state index in [9.17, 15) is 18.0 Å². The second-order valence-electron chi connectivity index (χ2n) is 10.6. The van der Waals surface area contributed by atoms with Crippen LogP contribution in [0, 0.1) is 13.8 Å². The van der Waals surface area contributed by atoms with Crippen LogP contribution in [0.4, 0.5) is 5.69 Å². The number of nitrogens with one attached hydrogen (secondary N) is 1. The van der Waals surface area contributed by atoms with Crippen LogP contribution in [0.1, 0.15) is 29.2 Å². The van der Waals surface area contributed by atoms with E-state index in [2.05, 4.69) is 5.32 Å². The molecule has 230 valence electrons. The first-order valence-corrected chi connectivity index (χ1v) is 16.0. The summed E-state index contributed by atoms with van der Waals surface area (Å²) in [5.74, 6) is -0.548. The van der Waals surface area contributed by atoms with Crippen molar-refractivity contribution < 1.29 is 22.7 Å². The molecule has 4 aromatic rings. The third-order valence-corrected chi connectivity index (χ3v) is 9.07. The van der Waals surface area contributed by atoms with Crippen molar-refractivity contribution in [2.75, 3.05) is 24.5 Å². The number of methoxy groups -OCH3 is 1. The van der Waals surface area contributed by atoms with Crippen LogP contribution in [-0.4, -0.2) is 51.4 Å². The zero-order valence-corrected chi connectivity index (χ0v) is 26.4. The number of carbonyl (C=O) groups is 2. The molecule has 9 heteroatoms. The van der Waals surface area contributed by atoms with Crippen LogP contribution in [0.25, 0.3) is 0 Å². The van der Waals surface area contributed by atoms with Crippen LogP contribution >= 0.6 is 0 Å². The number of nitrogens with zero attached hydrogens (tertiary/aromatic N) is 2. The molecule has 0 aliphatic carbocycles. The molecular weight excluding hydrogens is 574 g/mol. The summed E-state index contributed by atoms with van der Waals surface area (Å²) in [6, 6.07) is 29.4. The van der Waals surface area contributed by atoms with E-state index in [4.69, 9.17) is 4.74 Å². The zero-order chi connectivity index (χ0) is 31.7. The predicted octanol–water partition coefficient (Wildman–Crippen LogP) is 5.28. The van der Waals surface area contributed by atoms with Crippen molar-refractivity contribution in [3.63, 3.8) is 0 Å². The topological polar surface area (TPSA) is 96.0 Å². The first-order valence-electron chi connectivity index (χ1n) is 14.5. The Labute approximate surface area is 260 Å². The number of hydrogen-bond donors (Lipinski definition) is 1. The normalized spacial score (nSPS) is 11.8. The van der Waals surface area contributed by atoms with Gasteiger partial charge in [0.2, 0.25) is 11.8 Å². The summed E-state index contributed by atoms with van der Waals surface area (Å²) < 4.78 is 35.0. The summed E-state index contributed by atoms with van der Waals surface area (Å²) in [5.41, 5.74) is 3.83. The Morgan fingerprint density at radius 2 is 1.48 bits per heavy atom. The Hall–Kier alpha value is -4.63. The molecule has 44 heavy (non-hydrogen) atoms. The van der Waals surface area contributed by atoms with Gasteiger partial charge in [-0.1, -0.05) is 90.0 Å². The Bertz CT molecular complexity index is 1670. The van der Waals surface area contributed by atoms with Crippen LogP contribution in [0.2, 0.25) is 0 Å². The van der Waals surface area contributed by atoms with Gasteiger partial charge < -0.3 is 15.0 Å². The number of ether oxygens (including phenoxy) is 1. The molecule has 0 aliphatic heterocycles. The van der Waals surface area contributed by atoms with Gasteiger partial charge in [0.25, 0.3) is 10.0 Å². The third-order valence-electron chi connectivity index (χ3n) is 7.30. The standard InChI is InChI=1S/C35H39N3O5S/c1-5-36-35(40)32(23-28-13-7-6-8-14-28)37(24-29-15-11-12-27(3)22-29)34(39)25-38(31-16-9-10-17-33(31)43-4)44(41,42)30-20-18-26(2)19-21-30/h6-22,32H,5,23-25H2,1-4H3,(H,36,40). The maximum atomic E-state index is 14.5. The van der Waals surface area contributed by atoms with E-state index < -0.39 is 28.5 Å². The molecule has 4 aromatic carbocycles. The van der Waals surface area contributed by atoms with Crippen LogP contribution in [0.5, 0.6) is 5.75 Å². The van der Waals surface area contributed by atoms with Gasteiger partial charge in [-0.2, -0.15) is 0 Å². The molecule has 0 aliphatic rings. The molecule has 0 saturated heterocycles. The number of carbonyl (C=O) groups excluding carboxylic acids is 2. The van der Waals surface area contributed by atoms with Crippen molar-refractivity contribution in [2.24, 2.45) is 0 Å². The van der Waals surface area contributed by atoms with E-state index in [0.717, 1.165) is 26.6 Å². The Morgan fingerprint density at radius 1 is 0.818 bits per heavy atom. The Kier molecular flexibility index (Phi) is 10.8. The molecule has 0 bridgehead atoms.